The van der Waals surface area contributed by atoms with Crippen molar-refractivity contribution < 1.29 is 19.4 Å². The quantitative estimate of drug-likeness (QED) is 0.407. The highest BCUT2D eigenvalue weighted by atomic mass is 35.5. The summed E-state index contributed by atoms with van der Waals surface area (Å²) in [5.41, 5.74) is -0.0622. The average molecular weight is 333 g/mol. The van der Waals surface area contributed by atoms with Gasteiger partial charge in [-0.3, -0.25) is 4.79 Å². The van der Waals surface area contributed by atoms with Crippen LogP contribution in [0.1, 0.15) is 49.4 Å². The Bertz CT molecular complexity index is 491. The number of hydrogen-bond acceptors (Lipinski definition) is 3. The van der Waals surface area contributed by atoms with Gasteiger partial charge in [0.05, 0.1) is 16.7 Å². The summed E-state index contributed by atoms with van der Waals surface area (Å²) in [6.07, 6.45) is 5.50. The topological polar surface area (TPSA) is 63.6 Å². The average Bonchev–Trinajstić information content (AvgIpc) is 2.43. The van der Waals surface area contributed by atoms with Crippen LogP contribution in [0.4, 0.5) is 0 Å². The highest BCUT2D eigenvalue weighted by Gasteiger charge is 2.18. The summed E-state index contributed by atoms with van der Waals surface area (Å²) in [4.78, 5) is 22.0. The lowest BCUT2D eigenvalue weighted by molar-refractivity contribution is -0.131. The lowest BCUT2D eigenvalue weighted by Crippen LogP contribution is -2.12. The number of carbonyl (C=O) groups is 2. The molecule has 21 heavy (non-hydrogen) atoms. The van der Waals surface area contributed by atoms with Crippen LogP contribution < -0.4 is 4.74 Å². The van der Waals surface area contributed by atoms with Crippen molar-refractivity contribution in [2.45, 2.75) is 39.0 Å². The molecule has 0 radical (unpaired) electrons. The van der Waals surface area contributed by atoms with Crippen molar-refractivity contribution in [3.05, 3.63) is 27.7 Å². The third-order valence-electron chi connectivity index (χ3n) is 2.95. The van der Waals surface area contributed by atoms with Crippen molar-refractivity contribution in [3.8, 4) is 5.75 Å². The zero-order valence-corrected chi connectivity index (χ0v) is 13.3. The maximum Gasteiger partial charge on any atom is 0.377 e. The molecule has 0 heterocycles. The Morgan fingerprint density at radius 2 is 1.67 bits per heavy atom. The second-order valence-corrected chi connectivity index (χ2v) is 5.48. The SMILES string of the molecule is CCCCCCCOc1c(Cl)cc(C(=O)C(=O)O)cc1Cl. The molecule has 6 heteroatoms. The highest BCUT2D eigenvalue weighted by Crippen LogP contribution is 2.34. The molecule has 0 spiro atoms. The number of carboxylic acids is 1. The number of aliphatic carboxylic acids is 1. The summed E-state index contributed by atoms with van der Waals surface area (Å²) in [7, 11) is 0. The third-order valence-corrected chi connectivity index (χ3v) is 3.51. The molecule has 0 atom stereocenters. The molecule has 0 amide bonds. The van der Waals surface area contributed by atoms with Crippen LogP contribution >= 0.6 is 23.2 Å². The van der Waals surface area contributed by atoms with Crippen LogP contribution in [-0.2, 0) is 4.79 Å². The molecule has 0 aliphatic rings. The van der Waals surface area contributed by atoms with E-state index in [-0.39, 0.29) is 21.4 Å². The molecule has 1 aromatic rings. The summed E-state index contributed by atoms with van der Waals surface area (Å²) < 4.78 is 5.52. The Morgan fingerprint density at radius 1 is 1.10 bits per heavy atom. The zero-order valence-electron chi connectivity index (χ0n) is 11.8. The lowest BCUT2D eigenvalue weighted by atomic mass is 10.1. The second-order valence-electron chi connectivity index (χ2n) is 4.67. The number of Topliss-reactive ketones (excluding diaryl/α,β-unsaturated/α-hetero) is 1. The van der Waals surface area contributed by atoms with Crippen LogP contribution in [0.15, 0.2) is 12.1 Å². The van der Waals surface area contributed by atoms with Crippen LogP contribution in [0.25, 0.3) is 0 Å². The van der Waals surface area contributed by atoms with E-state index in [2.05, 4.69) is 6.92 Å². The van der Waals surface area contributed by atoms with Gasteiger partial charge < -0.3 is 9.84 Å². The van der Waals surface area contributed by atoms with E-state index in [4.69, 9.17) is 33.0 Å². The summed E-state index contributed by atoms with van der Waals surface area (Å²) in [6.45, 7) is 2.63. The smallest absolute Gasteiger partial charge is 0.377 e. The summed E-state index contributed by atoms with van der Waals surface area (Å²) in [6, 6.07) is 2.52. The molecule has 0 aliphatic carbocycles. The maximum atomic E-state index is 11.4. The normalized spacial score (nSPS) is 10.4. The number of halogens is 2. The molecule has 0 aliphatic heterocycles. The summed E-state index contributed by atoms with van der Waals surface area (Å²) >= 11 is 12.0. The van der Waals surface area contributed by atoms with E-state index in [1.165, 1.54) is 25.0 Å². The minimum absolute atomic E-state index is 0.0622. The number of carbonyl (C=O) groups excluding carboxylic acids is 1. The molecule has 1 aromatic carbocycles. The fourth-order valence-electron chi connectivity index (χ4n) is 1.83. The number of hydrogen-bond donors (Lipinski definition) is 1. The largest absolute Gasteiger partial charge is 0.490 e. The van der Waals surface area contributed by atoms with Crippen molar-refractivity contribution >= 4 is 35.0 Å². The standard InChI is InChI=1S/C15H18Cl2O4/c1-2-3-4-5-6-7-21-14-11(16)8-10(9-12(14)17)13(18)15(19)20/h8-9H,2-7H2,1H3,(H,19,20). The number of carboxylic acid groups (broad SMARTS) is 1. The van der Waals surface area contributed by atoms with E-state index < -0.39 is 11.8 Å². The van der Waals surface area contributed by atoms with E-state index >= 15 is 0 Å². The van der Waals surface area contributed by atoms with Gasteiger partial charge in [-0.1, -0.05) is 55.8 Å². The first-order chi connectivity index (χ1) is 9.97. The van der Waals surface area contributed by atoms with Crippen molar-refractivity contribution in [1.82, 2.24) is 0 Å². The Morgan fingerprint density at radius 3 is 2.19 bits per heavy atom. The fourth-order valence-corrected chi connectivity index (χ4v) is 2.43. The molecule has 0 bridgehead atoms. The van der Waals surface area contributed by atoms with E-state index in [1.807, 2.05) is 0 Å². The van der Waals surface area contributed by atoms with Crippen molar-refractivity contribution in [1.29, 1.82) is 0 Å². The first-order valence-electron chi connectivity index (χ1n) is 6.86. The van der Waals surface area contributed by atoms with Gasteiger partial charge in [-0.2, -0.15) is 0 Å². The molecule has 1 rings (SSSR count). The monoisotopic (exact) mass is 332 g/mol. The van der Waals surface area contributed by atoms with E-state index in [0.717, 1.165) is 19.3 Å². The molecule has 0 saturated heterocycles. The van der Waals surface area contributed by atoms with Crippen LogP contribution in [-0.4, -0.2) is 23.5 Å². The van der Waals surface area contributed by atoms with Gasteiger partial charge in [-0.05, 0) is 18.6 Å². The van der Waals surface area contributed by atoms with Crippen molar-refractivity contribution in [2.75, 3.05) is 6.61 Å². The van der Waals surface area contributed by atoms with Crippen molar-refractivity contribution in [3.63, 3.8) is 0 Å². The number of ether oxygens (including phenoxy) is 1. The van der Waals surface area contributed by atoms with Gasteiger partial charge >= 0.3 is 5.97 Å². The fraction of sp³-hybridized carbons (Fsp3) is 0.467. The predicted molar refractivity (Wildman–Crippen MR) is 82.7 cm³/mol. The maximum absolute atomic E-state index is 11.4. The Balaban J connectivity index is 2.64. The van der Waals surface area contributed by atoms with Gasteiger partial charge in [0, 0.05) is 5.56 Å². The Hall–Kier alpha value is -1.26. The van der Waals surface area contributed by atoms with Crippen LogP contribution in [0, 0.1) is 0 Å². The van der Waals surface area contributed by atoms with Crippen LogP contribution in [0.5, 0.6) is 5.75 Å². The number of ketones is 1. The molecular weight excluding hydrogens is 315 g/mol. The van der Waals surface area contributed by atoms with Gasteiger partial charge in [-0.15, -0.1) is 0 Å². The van der Waals surface area contributed by atoms with E-state index in [1.54, 1.807) is 0 Å². The molecule has 0 aromatic heterocycles. The summed E-state index contributed by atoms with van der Waals surface area (Å²) in [5, 5.41) is 8.94. The molecular formula is C15H18Cl2O4. The number of unbranched alkanes of at least 4 members (excludes halogenated alkanes) is 4. The third kappa shape index (κ3) is 5.56. The van der Waals surface area contributed by atoms with E-state index in [9.17, 15) is 9.59 Å². The molecule has 116 valence electrons. The van der Waals surface area contributed by atoms with Gasteiger partial charge in [-0.25, -0.2) is 4.79 Å². The van der Waals surface area contributed by atoms with Gasteiger partial charge in [0.2, 0.25) is 0 Å². The number of rotatable bonds is 9. The second kappa shape index (κ2) is 8.90. The predicted octanol–water partition coefficient (Wildman–Crippen LogP) is 4.61. The molecule has 0 unspecified atom stereocenters. The zero-order chi connectivity index (χ0) is 15.8. The van der Waals surface area contributed by atoms with Crippen molar-refractivity contribution in [2.24, 2.45) is 0 Å². The van der Waals surface area contributed by atoms with Gasteiger partial charge in [0.15, 0.2) is 5.75 Å². The molecule has 0 saturated carbocycles. The van der Waals surface area contributed by atoms with Gasteiger partial charge in [0.25, 0.3) is 5.78 Å². The van der Waals surface area contributed by atoms with Crippen LogP contribution in [0.3, 0.4) is 0 Å². The minimum Gasteiger partial charge on any atom is -0.490 e. The van der Waals surface area contributed by atoms with E-state index in [0.29, 0.717) is 6.61 Å². The first-order valence-corrected chi connectivity index (χ1v) is 7.62. The Kier molecular flexibility index (Phi) is 7.54. The first kappa shape index (κ1) is 17.8. The minimum atomic E-state index is -1.55. The molecule has 0 fully saturated rings. The van der Waals surface area contributed by atoms with Crippen LogP contribution in [0.2, 0.25) is 10.0 Å². The molecule has 4 nitrogen and oxygen atoms in total. The lowest BCUT2D eigenvalue weighted by Gasteiger charge is -2.11. The Labute approximate surface area is 134 Å². The number of benzene rings is 1. The molecule has 1 N–H and O–H groups in total. The summed E-state index contributed by atoms with van der Waals surface area (Å²) in [5.74, 6) is -2.31. The van der Waals surface area contributed by atoms with Gasteiger partial charge in [0.1, 0.15) is 0 Å². The highest BCUT2D eigenvalue weighted by molar-refractivity contribution is 6.42.